The lowest BCUT2D eigenvalue weighted by atomic mass is 9.78. The molecule has 0 saturated carbocycles. The average Bonchev–Trinajstić information content (AvgIpc) is 2.88. The molecule has 5 heteroatoms. The highest BCUT2D eigenvalue weighted by molar-refractivity contribution is 6.07. The van der Waals surface area contributed by atoms with E-state index in [0.29, 0.717) is 0 Å². The predicted molar refractivity (Wildman–Crippen MR) is 84.1 cm³/mol. The van der Waals surface area contributed by atoms with Gasteiger partial charge >= 0.3 is 0 Å². The summed E-state index contributed by atoms with van der Waals surface area (Å²) in [5.74, 6) is 0. The molecule has 0 aromatic carbocycles. The molecular weight excluding hydrogens is 274 g/mol. The van der Waals surface area contributed by atoms with E-state index >= 15 is 0 Å². The second-order valence-electron chi connectivity index (χ2n) is 6.15. The molecule has 0 radical (unpaired) electrons. The van der Waals surface area contributed by atoms with E-state index in [-0.39, 0.29) is 5.41 Å². The lowest BCUT2D eigenvalue weighted by Crippen LogP contribution is -2.28. The van der Waals surface area contributed by atoms with Crippen LogP contribution in [-0.2, 0) is 5.41 Å². The molecule has 0 N–H and O–H groups in total. The molecule has 0 bridgehead atoms. The Morgan fingerprint density at radius 1 is 1.05 bits per heavy atom. The largest absolute Gasteiger partial charge is 0.288 e. The zero-order chi connectivity index (χ0) is 14.9. The number of hydrogen-bond donors (Lipinski definition) is 0. The average molecular weight is 287 g/mol. The molecular formula is C17H13N5. The first-order valence-corrected chi connectivity index (χ1v) is 7.25. The van der Waals surface area contributed by atoms with Gasteiger partial charge in [-0.2, -0.15) is 0 Å². The maximum absolute atomic E-state index is 4.61. The first-order chi connectivity index (χ1) is 10.7. The van der Waals surface area contributed by atoms with E-state index in [1.54, 1.807) is 6.33 Å². The fourth-order valence-electron chi connectivity index (χ4n) is 3.58. The van der Waals surface area contributed by atoms with E-state index in [9.17, 15) is 0 Å². The Hall–Kier alpha value is -2.82. The van der Waals surface area contributed by atoms with Gasteiger partial charge in [-0.1, -0.05) is 0 Å². The van der Waals surface area contributed by atoms with Crippen LogP contribution < -0.4 is 0 Å². The first kappa shape index (κ1) is 11.8. The summed E-state index contributed by atoms with van der Waals surface area (Å²) in [6.45, 7) is 4.39. The fraction of sp³-hybridized carbons (Fsp3) is 0.176. The van der Waals surface area contributed by atoms with Crippen molar-refractivity contribution in [1.29, 1.82) is 0 Å². The van der Waals surface area contributed by atoms with Crippen molar-refractivity contribution in [3.63, 3.8) is 0 Å². The van der Waals surface area contributed by atoms with Gasteiger partial charge in [0, 0.05) is 23.2 Å². The zero-order valence-corrected chi connectivity index (χ0v) is 12.3. The number of nitrogens with zero attached hydrogens (tertiary/aromatic N) is 5. The number of fused-ring (bicyclic) bond motifs is 5. The van der Waals surface area contributed by atoms with Gasteiger partial charge in [-0.05, 0) is 37.6 Å². The van der Waals surface area contributed by atoms with Gasteiger partial charge in [-0.15, -0.1) is 0 Å². The molecule has 0 aliphatic carbocycles. The summed E-state index contributed by atoms with van der Waals surface area (Å²) in [6.07, 6.45) is 7.17. The minimum atomic E-state index is -0.191. The van der Waals surface area contributed by atoms with Gasteiger partial charge in [0.05, 0.1) is 28.6 Å². The van der Waals surface area contributed by atoms with Crippen molar-refractivity contribution in [3.05, 3.63) is 54.4 Å². The van der Waals surface area contributed by atoms with Crippen LogP contribution in [0.15, 0.2) is 43.1 Å². The van der Waals surface area contributed by atoms with Crippen molar-refractivity contribution in [2.75, 3.05) is 0 Å². The summed E-state index contributed by atoms with van der Waals surface area (Å²) in [7, 11) is 0. The molecule has 4 aromatic heterocycles. The molecule has 0 atom stereocenters. The van der Waals surface area contributed by atoms with Crippen LogP contribution in [0.4, 0.5) is 0 Å². The maximum Gasteiger partial charge on any atom is 0.147 e. The lowest BCUT2D eigenvalue weighted by molar-refractivity contribution is 0.601. The summed E-state index contributed by atoms with van der Waals surface area (Å²) in [4.78, 5) is 18.0. The number of pyridine rings is 2. The molecule has 106 valence electrons. The standard InChI is InChI=1S/C17H13N5/c1-17(2)11-5-7-19-13-10-4-3-6-20-16(10)22(14(11)13)12-8-18-9-21-15(12)17/h3-9H,1-2H3. The third-order valence-corrected chi connectivity index (χ3v) is 4.60. The lowest BCUT2D eigenvalue weighted by Gasteiger charge is -2.32. The fourth-order valence-corrected chi connectivity index (χ4v) is 3.58. The van der Waals surface area contributed by atoms with Gasteiger partial charge in [-0.25, -0.2) is 15.0 Å². The summed E-state index contributed by atoms with van der Waals surface area (Å²) in [5, 5.41) is 1.06. The normalized spacial score (nSPS) is 15.2. The van der Waals surface area contributed by atoms with Gasteiger partial charge in [0.25, 0.3) is 0 Å². The van der Waals surface area contributed by atoms with Crippen LogP contribution in [0.2, 0.25) is 0 Å². The number of aromatic nitrogens is 5. The van der Waals surface area contributed by atoms with Crippen molar-refractivity contribution in [1.82, 2.24) is 24.5 Å². The maximum atomic E-state index is 4.61. The van der Waals surface area contributed by atoms with Crippen LogP contribution in [0.3, 0.4) is 0 Å². The molecule has 5 rings (SSSR count). The van der Waals surface area contributed by atoms with Crippen LogP contribution in [0.1, 0.15) is 25.1 Å². The molecule has 0 amide bonds. The summed E-state index contributed by atoms with van der Waals surface area (Å²) in [6, 6.07) is 6.11. The van der Waals surface area contributed by atoms with Gasteiger partial charge < -0.3 is 0 Å². The Kier molecular flexibility index (Phi) is 1.97. The molecule has 0 spiro atoms. The molecule has 5 heterocycles. The minimum Gasteiger partial charge on any atom is -0.288 e. The summed E-state index contributed by atoms with van der Waals surface area (Å²) >= 11 is 0. The van der Waals surface area contributed by atoms with Crippen molar-refractivity contribution in [2.45, 2.75) is 19.3 Å². The van der Waals surface area contributed by atoms with Crippen LogP contribution in [0.25, 0.3) is 27.8 Å². The third kappa shape index (κ3) is 1.20. The predicted octanol–water partition coefficient (Wildman–Crippen LogP) is 3.00. The Balaban J connectivity index is 2.15. The molecule has 5 nitrogen and oxygen atoms in total. The molecule has 0 unspecified atom stereocenters. The Bertz CT molecular complexity index is 1060. The Morgan fingerprint density at radius 3 is 2.86 bits per heavy atom. The summed E-state index contributed by atoms with van der Waals surface area (Å²) < 4.78 is 2.15. The molecule has 4 aromatic rings. The monoisotopic (exact) mass is 287 g/mol. The van der Waals surface area contributed by atoms with Crippen LogP contribution in [0, 0.1) is 0 Å². The van der Waals surface area contributed by atoms with E-state index in [1.807, 2.05) is 24.7 Å². The van der Waals surface area contributed by atoms with Crippen LogP contribution in [-0.4, -0.2) is 24.5 Å². The minimum absolute atomic E-state index is 0.191. The second-order valence-corrected chi connectivity index (χ2v) is 6.15. The highest BCUT2D eigenvalue weighted by Gasteiger charge is 2.37. The second kappa shape index (κ2) is 3.68. The van der Waals surface area contributed by atoms with E-state index < -0.39 is 0 Å². The van der Waals surface area contributed by atoms with Gasteiger partial charge in [-0.3, -0.25) is 9.55 Å². The van der Waals surface area contributed by atoms with Gasteiger partial charge in [0.1, 0.15) is 12.0 Å². The van der Waals surface area contributed by atoms with E-state index in [2.05, 4.69) is 50.5 Å². The van der Waals surface area contributed by atoms with Crippen molar-refractivity contribution in [3.8, 4) is 5.69 Å². The molecule has 22 heavy (non-hydrogen) atoms. The first-order valence-electron chi connectivity index (χ1n) is 7.25. The zero-order valence-electron chi connectivity index (χ0n) is 12.3. The van der Waals surface area contributed by atoms with Crippen LogP contribution in [0.5, 0.6) is 0 Å². The quantitative estimate of drug-likeness (QED) is 0.499. The molecule has 1 aliphatic rings. The van der Waals surface area contributed by atoms with Crippen molar-refractivity contribution in [2.24, 2.45) is 0 Å². The van der Waals surface area contributed by atoms with E-state index in [0.717, 1.165) is 33.4 Å². The molecule has 0 fully saturated rings. The third-order valence-electron chi connectivity index (χ3n) is 4.60. The Morgan fingerprint density at radius 2 is 1.95 bits per heavy atom. The van der Waals surface area contributed by atoms with Gasteiger partial charge in [0.15, 0.2) is 0 Å². The highest BCUT2D eigenvalue weighted by Crippen LogP contribution is 2.44. The van der Waals surface area contributed by atoms with E-state index in [4.69, 9.17) is 0 Å². The number of rotatable bonds is 0. The Labute approximate surface area is 126 Å². The van der Waals surface area contributed by atoms with Crippen LogP contribution >= 0.6 is 0 Å². The highest BCUT2D eigenvalue weighted by atomic mass is 15.1. The van der Waals surface area contributed by atoms with Crippen molar-refractivity contribution >= 4 is 22.1 Å². The topological polar surface area (TPSA) is 56.5 Å². The SMILES string of the molecule is CC1(C)c2ncncc2-n2c3ncccc3c3nccc1c32. The van der Waals surface area contributed by atoms with Crippen molar-refractivity contribution < 1.29 is 0 Å². The molecule has 1 aliphatic heterocycles. The molecule has 0 saturated heterocycles. The number of hydrogen-bond acceptors (Lipinski definition) is 4. The smallest absolute Gasteiger partial charge is 0.147 e. The van der Waals surface area contributed by atoms with E-state index in [1.165, 1.54) is 5.56 Å². The summed E-state index contributed by atoms with van der Waals surface area (Å²) in [5.41, 5.74) is 6.05. The van der Waals surface area contributed by atoms with Gasteiger partial charge in [0.2, 0.25) is 0 Å².